The fraction of sp³-hybridized carbons (Fsp3) is 0.846. The zero-order valence-electron chi connectivity index (χ0n) is 11.2. The van der Waals surface area contributed by atoms with Gasteiger partial charge >= 0.3 is 5.97 Å². The number of aliphatic carboxylic acids is 1. The Balaban J connectivity index is 2.75. The van der Waals surface area contributed by atoms with Crippen LogP contribution >= 0.6 is 0 Å². The normalized spacial score (nSPS) is 20.2. The number of carbonyl (C=O) groups excluding carboxylic acids is 1. The molecule has 0 aliphatic carbocycles. The molecular formula is C13H23NO4. The molecule has 0 saturated carbocycles. The first-order valence-corrected chi connectivity index (χ1v) is 6.64. The van der Waals surface area contributed by atoms with Crippen molar-refractivity contribution in [3.05, 3.63) is 0 Å². The molecule has 1 saturated heterocycles. The molecule has 0 aromatic rings. The predicted octanol–water partition coefficient (Wildman–Crippen LogP) is 1.25. The van der Waals surface area contributed by atoms with E-state index in [1.165, 1.54) is 0 Å². The van der Waals surface area contributed by atoms with E-state index in [4.69, 9.17) is 0 Å². The van der Waals surface area contributed by atoms with Crippen LogP contribution in [-0.4, -0.2) is 46.2 Å². The molecule has 0 spiro atoms. The van der Waals surface area contributed by atoms with Crippen LogP contribution in [0.3, 0.4) is 0 Å². The number of carboxylic acids is 1. The van der Waals surface area contributed by atoms with E-state index in [9.17, 15) is 19.8 Å². The number of hydrogen-bond donors (Lipinski definition) is 2. The number of likely N-dealkylation sites (tertiary alicyclic amines) is 1. The second-order valence-corrected chi connectivity index (χ2v) is 5.04. The van der Waals surface area contributed by atoms with Gasteiger partial charge in [-0.1, -0.05) is 13.8 Å². The minimum Gasteiger partial charge on any atom is -0.481 e. The van der Waals surface area contributed by atoms with Crippen LogP contribution in [0.2, 0.25) is 0 Å². The minimum atomic E-state index is -0.959. The largest absolute Gasteiger partial charge is 0.481 e. The van der Waals surface area contributed by atoms with Crippen molar-refractivity contribution in [1.29, 1.82) is 0 Å². The Hall–Kier alpha value is -1.10. The van der Waals surface area contributed by atoms with Crippen molar-refractivity contribution < 1.29 is 19.8 Å². The fourth-order valence-electron chi connectivity index (χ4n) is 2.62. The third-order valence-electron chi connectivity index (χ3n) is 4.21. The average molecular weight is 257 g/mol. The maximum Gasteiger partial charge on any atom is 0.310 e. The van der Waals surface area contributed by atoms with Gasteiger partial charge in [0.2, 0.25) is 5.91 Å². The Morgan fingerprint density at radius 1 is 1.33 bits per heavy atom. The topological polar surface area (TPSA) is 77.8 Å². The van der Waals surface area contributed by atoms with Crippen molar-refractivity contribution in [3.8, 4) is 0 Å². The summed E-state index contributed by atoms with van der Waals surface area (Å²) < 4.78 is 0. The van der Waals surface area contributed by atoms with Crippen LogP contribution < -0.4 is 0 Å². The molecule has 1 aliphatic heterocycles. The van der Waals surface area contributed by atoms with E-state index >= 15 is 0 Å². The molecule has 1 rings (SSSR count). The number of nitrogens with zero attached hydrogens (tertiary/aromatic N) is 1. The summed E-state index contributed by atoms with van der Waals surface area (Å²) in [5.74, 6) is -1.04. The number of carboxylic acid groups (broad SMARTS) is 1. The standard InChI is InChI=1S/C13H23NO4/c1-3-13(4-2,12(17)18)8-11(16)14-7-5-6-10(14)9-15/h10,15H,3-9H2,1-2H3,(H,17,18)/t10-/m1/s1. The molecule has 0 bridgehead atoms. The van der Waals surface area contributed by atoms with Gasteiger partial charge in [0.15, 0.2) is 0 Å². The molecule has 1 amide bonds. The quantitative estimate of drug-likeness (QED) is 0.750. The van der Waals surface area contributed by atoms with Crippen molar-refractivity contribution in [2.75, 3.05) is 13.2 Å². The van der Waals surface area contributed by atoms with Gasteiger partial charge in [0.05, 0.1) is 18.1 Å². The summed E-state index contributed by atoms with van der Waals surface area (Å²) >= 11 is 0. The first-order valence-electron chi connectivity index (χ1n) is 6.64. The first-order chi connectivity index (χ1) is 8.50. The summed E-state index contributed by atoms with van der Waals surface area (Å²) in [6, 6.07) is -0.127. The molecule has 104 valence electrons. The van der Waals surface area contributed by atoms with Gasteiger partial charge in [0, 0.05) is 13.0 Å². The van der Waals surface area contributed by atoms with Gasteiger partial charge in [0.1, 0.15) is 0 Å². The minimum absolute atomic E-state index is 0.0336. The third kappa shape index (κ3) is 2.83. The lowest BCUT2D eigenvalue weighted by Crippen LogP contribution is -2.42. The summed E-state index contributed by atoms with van der Waals surface area (Å²) in [6.07, 6.45) is 2.62. The first kappa shape index (κ1) is 15.0. The van der Waals surface area contributed by atoms with Crippen molar-refractivity contribution in [2.24, 2.45) is 5.41 Å². The Kier molecular flexibility index (Phi) is 5.14. The Morgan fingerprint density at radius 3 is 2.39 bits per heavy atom. The summed E-state index contributed by atoms with van der Waals surface area (Å²) in [6.45, 7) is 4.20. The van der Waals surface area contributed by atoms with Crippen LogP contribution in [0.25, 0.3) is 0 Å². The highest BCUT2D eigenvalue weighted by molar-refractivity contribution is 5.85. The number of amides is 1. The second kappa shape index (κ2) is 6.18. The van der Waals surface area contributed by atoms with E-state index in [2.05, 4.69) is 0 Å². The third-order valence-corrected chi connectivity index (χ3v) is 4.21. The van der Waals surface area contributed by atoms with Crippen molar-refractivity contribution in [3.63, 3.8) is 0 Å². The number of hydrogen-bond acceptors (Lipinski definition) is 3. The molecule has 2 N–H and O–H groups in total. The predicted molar refractivity (Wildman–Crippen MR) is 67.1 cm³/mol. The molecule has 0 aromatic heterocycles. The van der Waals surface area contributed by atoms with Gasteiger partial charge in [-0.05, 0) is 25.7 Å². The Bertz CT molecular complexity index is 312. The lowest BCUT2D eigenvalue weighted by atomic mass is 9.79. The van der Waals surface area contributed by atoms with Gasteiger partial charge in [-0.3, -0.25) is 9.59 Å². The molecule has 1 fully saturated rings. The molecule has 0 radical (unpaired) electrons. The van der Waals surface area contributed by atoms with E-state index < -0.39 is 11.4 Å². The number of aliphatic hydroxyl groups is 1. The van der Waals surface area contributed by atoms with Gasteiger partial charge in [-0.25, -0.2) is 0 Å². The lowest BCUT2D eigenvalue weighted by molar-refractivity contribution is -0.154. The van der Waals surface area contributed by atoms with Crippen LogP contribution in [0.4, 0.5) is 0 Å². The Morgan fingerprint density at radius 2 is 1.94 bits per heavy atom. The monoisotopic (exact) mass is 257 g/mol. The number of rotatable bonds is 6. The zero-order chi connectivity index (χ0) is 13.8. The van der Waals surface area contributed by atoms with E-state index in [-0.39, 0.29) is 25.0 Å². The van der Waals surface area contributed by atoms with Crippen LogP contribution in [0.15, 0.2) is 0 Å². The van der Waals surface area contributed by atoms with E-state index in [0.29, 0.717) is 19.4 Å². The molecule has 1 atom stereocenters. The Labute approximate surface area is 108 Å². The smallest absolute Gasteiger partial charge is 0.310 e. The van der Waals surface area contributed by atoms with Crippen LogP contribution in [0.5, 0.6) is 0 Å². The SMILES string of the molecule is CCC(CC)(CC(=O)N1CCC[C@@H]1CO)C(=O)O. The highest BCUT2D eigenvalue weighted by Crippen LogP contribution is 2.33. The molecule has 5 heteroatoms. The second-order valence-electron chi connectivity index (χ2n) is 5.04. The van der Waals surface area contributed by atoms with Crippen molar-refractivity contribution in [2.45, 2.75) is 52.0 Å². The van der Waals surface area contributed by atoms with Gasteiger partial charge < -0.3 is 15.1 Å². The maximum absolute atomic E-state index is 12.2. The zero-order valence-corrected chi connectivity index (χ0v) is 11.2. The molecule has 5 nitrogen and oxygen atoms in total. The highest BCUT2D eigenvalue weighted by Gasteiger charge is 2.40. The maximum atomic E-state index is 12.2. The lowest BCUT2D eigenvalue weighted by Gasteiger charge is -2.30. The number of carbonyl (C=O) groups is 2. The van der Waals surface area contributed by atoms with Crippen molar-refractivity contribution >= 4 is 11.9 Å². The molecule has 0 aromatic carbocycles. The fourth-order valence-corrected chi connectivity index (χ4v) is 2.62. The summed E-state index contributed by atoms with van der Waals surface area (Å²) in [7, 11) is 0. The van der Waals surface area contributed by atoms with Gasteiger partial charge in [-0.2, -0.15) is 0 Å². The summed E-state index contributed by atoms with van der Waals surface area (Å²) in [4.78, 5) is 25.2. The van der Waals surface area contributed by atoms with Gasteiger partial charge in [0.25, 0.3) is 0 Å². The summed E-state index contributed by atoms with van der Waals surface area (Å²) in [5, 5.41) is 18.5. The van der Waals surface area contributed by atoms with E-state index in [1.807, 2.05) is 0 Å². The van der Waals surface area contributed by atoms with E-state index in [0.717, 1.165) is 12.8 Å². The molecular weight excluding hydrogens is 234 g/mol. The summed E-state index contributed by atoms with van der Waals surface area (Å²) in [5.41, 5.74) is -0.959. The highest BCUT2D eigenvalue weighted by atomic mass is 16.4. The van der Waals surface area contributed by atoms with Crippen LogP contribution in [-0.2, 0) is 9.59 Å². The molecule has 1 heterocycles. The van der Waals surface area contributed by atoms with Crippen LogP contribution in [0.1, 0.15) is 46.0 Å². The van der Waals surface area contributed by atoms with Gasteiger partial charge in [-0.15, -0.1) is 0 Å². The van der Waals surface area contributed by atoms with Crippen molar-refractivity contribution in [1.82, 2.24) is 4.90 Å². The molecule has 18 heavy (non-hydrogen) atoms. The molecule has 0 unspecified atom stereocenters. The van der Waals surface area contributed by atoms with Crippen LogP contribution in [0, 0.1) is 5.41 Å². The van der Waals surface area contributed by atoms with E-state index in [1.54, 1.807) is 18.7 Å². The average Bonchev–Trinajstić information content (AvgIpc) is 2.83. The number of aliphatic hydroxyl groups excluding tert-OH is 1. The molecule has 1 aliphatic rings.